The van der Waals surface area contributed by atoms with Crippen LogP contribution in [0.3, 0.4) is 0 Å². The molecule has 2 atom stereocenters. The average molecular weight is 305 g/mol. The van der Waals surface area contributed by atoms with Crippen molar-refractivity contribution in [1.82, 2.24) is 4.90 Å². The number of rotatable bonds is 2. The smallest absolute Gasteiger partial charge is 0.326 e. The lowest BCUT2D eigenvalue weighted by molar-refractivity contribution is -0.141. The topological polar surface area (TPSA) is 83.6 Å². The van der Waals surface area contributed by atoms with Crippen molar-refractivity contribution < 1.29 is 23.5 Å². The molecule has 0 bridgehead atoms. The minimum absolute atomic E-state index is 0.0190. The Morgan fingerprint density at radius 2 is 1.95 bits per heavy atom. The van der Waals surface area contributed by atoms with Crippen molar-refractivity contribution in [3.05, 3.63) is 34.4 Å². The number of likely N-dealkylation sites (tertiary alicyclic amines) is 1. The van der Waals surface area contributed by atoms with Crippen LogP contribution < -0.4 is 5.73 Å². The summed E-state index contributed by atoms with van der Waals surface area (Å²) in [5, 5.41) is 8.77. The summed E-state index contributed by atoms with van der Waals surface area (Å²) >= 11 is 5.71. The van der Waals surface area contributed by atoms with Gasteiger partial charge in [-0.25, -0.2) is 13.6 Å². The monoisotopic (exact) mass is 304 g/mol. The van der Waals surface area contributed by atoms with E-state index in [-0.39, 0.29) is 23.6 Å². The number of amides is 1. The first kappa shape index (κ1) is 14.7. The molecule has 0 aromatic heterocycles. The van der Waals surface area contributed by atoms with E-state index >= 15 is 0 Å². The normalized spacial score (nSPS) is 22.1. The van der Waals surface area contributed by atoms with Crippen LogP contribution in [0.2, 0.25) is 5.02 Å². The Balaban J connectivity index is 2.36. The number of benzene rings is 1. The molecule has 108 valence electrons. The maximum absolute atomic E-state index is 13.2. The quantitative estimate of drug-likeness (QED) is 0.805. The van der Waals surface area contributed by atoms with Crippen LogP contribution in [0.25, 0.3) is 0 Å². The van der Waals surface area contributed by atoms with Crippen molar-refractivity contribution >= 4 is 23.5 Å². The fourth-order valence-electron chi connectivity index (χ4n) is 2.17. The molecule has 5 nitrogen and oxygen atoms in total. The van der Waals surface area contributed by atoms with E-state index < -0.39 is 35.6 Å². The van der Waals surface area contributed by atoms with Gasteiger partial charge in [-0.2, -0.15) is 0 Å². The number of carboxylic acid groups (broad SMARTS) is 1. The predicted molar refractivity (Wildman–Crippen MR) is 66.4 cm³/mol. The fraction of sp³-hybridized carbons (Fsp3) is 0.333. The van der Waals surface area contributed by atoms with Crippen molar-refractivity contribution in [1.29, 1.82) is 0 Å². The zero-order valence-corrected chi connectivity index (χ0v) is 10.9. The highest BCUT2D eigenvalue weighted by Crippen LogP contribution is 2.25. The van der Waals surface area contributed by atoms with Crippen LogP contribution in [-0.4, -0.2) is 40.5 Å². The molecule has 1 aromatic rings. The van der Waals surface area contributed by atoms with Crippen LogP contribution in [0, 0.1) is 11.6 Å². The molecule has 0 aliphatic carbocycles. The number of carboxylic acids is 1. The van der Waals surface area contributed by atoms with E-state index in [2.05, 4.69) is 0 Å². The molecule has 0 radical (unpaired) electrons. The molecule has 0 spiro atoms. The summed E-state index contributed by atoms with van der Waals surface area (Å²) in [5.41, 5.74) is 5.35. The molecular weight excluding hydrogens is 294 g/mol. The van der Waals surface area contributed by atoms with Crippen molar-refractivity contribution in [2.75, 3.05) is 6.54 Å². The second kappa shape index (κ2) is 5.34. The Labute approximate surface area is 117 Å². The Bertz CT molecular complexity index is 582. The fourth-order valence-corrected chi connectivity index (χ4v) is 2.40. The third kappa shape index (κ3) is 2.59. The molecule has 3 N–H and O–H groups in total. The van der Waals surface area contributed by atoms with Crippen LogP contribution in [0.4, 0.5) is 8.78 Å². The van der Waals surface area contributed by atoms with Crippen LogP contribution >= 0.6 is 11.6 Å². The van der Waals surface area contributed by atoms with Gasteiger partial charge >= 0.3 is 5.97 Å². The number of hydrogen-bond acceptors (Lipinski definition) is 3. The lowest BCUT2D eigenvalue weighted by Gasteiger charge is -2.21. The van der Waals surface area contributed by atoms with Crippen LogP contribution in [-0.2, 0) is 4.79 Å². The highest BCUT2D eigenvalue weighted by molar-refractivity contribution is 6.33. The Kier molecular flexibility index (Phi) is 3.92. The first-order valence-electron chi connectivity index (χ1n) is 5.75. The van der Waals surface area contributed by atoms with E-state index in [0.29, 0.717) is 12.1 Å². The number of nitrogens with zero attached hydrogens (tertiary/aromatic N) is 1. The van der Waals surface area contributed by atoms with Crippen LogP contribution in [0.5, 0.6) is 0 Å². The molecular formula is C12H11ClF2N2O3. The molecule has 0 unspecified atom stereocenters. The molecule has 20 heavy (non-hydrogen) atoms. The Morgan fingerprint density at radius 3 is 2.55 bits per heavy atom. The Hall–Kier alpha value is -1.73. The number of nitrogens with two attached hydrogens (primary N) is 1. The van der Waals surface area contributed by atoms with Crippen molar-refractivity contribution in [3.63, 3.8) is 0 Å². The van der Waals surface area contributed by atoms with E-state index in [4.69, 9.17) is 22.4 Å². The van der Waals surface area contributed by atoms with E-state index in [0.717, 1.165) is 4.90 Å². The summed E-state index contributed by atoms with van der Waals surface area (Å²) in [6.07, 6.45) is 0.0996. The number of hydrogen-bond donors (Lipinski definition) is 2. The summed E-state index contributed by atoms with van der Waals surface area (Å²) in [5.74, 6) is -4.40. The second-order valence-corrected chi connectivity index (χ2v) is 4.96. The summed E-state index contributed by atoms with van der Waals surface area (Å²) in [6.45, 7) is 0.0190. The van der Waals surface area contributed by atoms with Gasteiger partial charge < -0.3 is 15.7 Å². The standard InChI is InChI=1S/C12H11ClF2N2O3/c13-7-3-9(15)8(14)2-6(7)11(18)17-4-5(16)1-10(17)12(19)20/h2-3,5,10H,1,4,16H2,(H,19,20)/t5-,10-/m0/s1. The molecule has 2 rings (SSSR count). The highest BCUT2D eigenvalue weighted by Gasteiger charge is 2.39. The van der Waals surface area contributed by atoms with Crippen LogP contribution in [0.15, 0.2) is 12.1 Å². The van der Waals surface area contributed by atoms with Crippen molar-refractivity contribution in [3.8, 4) is 0 Å². The molecule has 1 heterocycles. The molecule has 1 aromatic carbocycles. The zero-order chi connectivity index (χ0) is 15.0. The lowest BCUT2D eigenvalue weighted by atomic mass is 10.1. The van der Waals surface area contributed by atoms with Gasteiger partial charge in [0.25, 0.3) is 5.91 Å². The Morgan fingerprint density at radius 1 is 1.35 bits per heavy atom. The summed E-state index contributed by atoms with van der Waals surface area (Å²) in [4.78, 5) is 24.3. The first-order chi connectivity index (χ1) is 9.31. The van der Waals surface area contributed by atoms with Gasteiger partial charge in [0.15, 0.2) is 11.6 Å². The van der Waals surface area contributed by atoms with Gasteiger partial charge in [0.1, 0.15) is 6.04 Å². The third-order valence-electron chi connectivity index (χ3n) is 3.12. The average Bonchev–Trinajstić information content (AvgIpc) is 2.75. The molecule has 8 heteroatoms. The van der Waals surface area contributed by atoms with Crippen molar-refractivity contribution in [2.45, 2.75) is 18.5 Å². The van der Waals surface area contributed by atoms with Gasteiger partial charge in [0.2, 0.25) is 0 Å². The van der Waals surface area contributed by atoms with Crippen LogP contribution in [0.1, 0.15) is 16.8 Å². The van der Waals surface area contributed by atoms with Gasteiger partial charge in [0.05, 0.1) is 10.6 Å². The molecule has 1 aliphatic heterocycles. The van der Waals surface area contributed by atoms with Gasteiger partial charge in [-0.1, -0.05) is 11.6 Å². The molecule has 1 amide bonds. The molecule has 1 aliphatic rings. The number of carbonyl (C=O) groups excluding carboxylic acids is 1. The van der Waals surface area contributed by atoms with E-state index in [1.807, 2.05) is 0 Å². The van der Waals surface area contributed by atoms with E-state index in [1.54, 1.807) is 0 Å². The minimum Gasteiger partial charge on any atom is -0.480 e. The van der Waals surface area contributed by atoms with Gasteiger partial charge in [-0.15, -0.1) is 0 Å². The largest absolute Gasteiger partial charge is 0.480 e. The lowest BCUT2D eigenvalue weighted by Crippen LogP contribution is -2.41. The summed E-state index contributed by atoms with van der Waals surface area (Å²) < 4.78 is 26.2. The second-order valence-electron chi connectivity index (χ2n) is 4.55. The van der Waals surface area contributed by atoms with Gasteiger partial charge in [-0.3, -0.25) is 4.79 Å². The molecule has 0 saturated carbocycles. The number of halogens is 3. The third-order valence-corrected chi connectivity index (χ3v) is 3.43. The molecule has 1 saturated heterocycles. The maximum Gasteiger partial charge on any atom is 0.326 e. The van der Waals surface area contributed by atoms with Gasteiger partial charge in [0, 0.05) is 12.6 Å². The first-order valence-corrected chi connectivity index (χ1v) is 6.13. The highest BCUT2D eigenvalue weighted by atomic mass is 35.5. The summed E-state index contributed by atoms with van der Waals surface area (Å²) in [7, 11) is 0. The predicted octanol–water partition coefficient (Wildman–Crippen LogP) is 1.24. The summed E-state index contributed by atoms with van der Waals surface area (Å²) in [6, 6.07) is -0.246. The SMILES string of the molecule is N[C@H]1C[C@@H](C(=O)O)N(C(=O)c2cc(F)c(F)cc2Cl)C1. The van der Waals surface area contributed by atoms with E-state index in [9.17, 15) is 18.4 Å². The van der Waals surface area contributed by atoms with Crippen molar-refractivity contribution in [2.24, 2.45) is 5.73 Å². The zero-order valence-electron chi connectivity index (χ0n) is 10.1. The maximum atomic E-state index is 13.2. The van der Waals surface area contributed by atoms with E-state index in [1.165, 1.54) is 0 Å². The minimum atomic E-state index is -1.23. The van der Waals surface area contributed by atoms with Gasteiger partial charge in [-0.05, 0) is 18.6 Å². The number of carbonyl (C=O) groups is 2. The number of aliphatic carboxylic acids is 1. The molecule has 1 fully saturated rings.